The first-order chi connectivity index (χ1) is 14.9. The molecular weight excluding hydrogens is 420 g/mol. The zero-order valence-corrected chi connectivity index (χ0v) is 18.1. The molecule has 2 heterocycles. The van der Waals surface area contributed by atoms with E-state index in [-0.39, 0.29) is 42.3 Å². The van der Waals surface area contributed by atoms with Gasteiger partial charge in [0, 0.05) is 50.1 Å². The second-order valence-corrected chi connectivity index (χ2v) is 9.08. The Balaban J connectivity index is 1.41. The summed E-state index contributed by atoms with van der Waals surface area (Å²) in [6.45, 7) is 1.14. The van der Waals surface area contributed by atoms with E-state index in [1.54, 1.807) is 30.3 Å². The lowest BCUT2D eigenvalue weighted by Gasteiger charge is -2.30. The lowest BCUT2D eigenvalue weighted by molar-refractivity contribution is -0.126. The molecule has 0 unspecified atom stereocenters. The van der Waals surface area contributed by atoms with Crippen LogP contribution < -0.4 is 15.4 Å². The average Bonchev–Trinajstić information content (AvgIpc) is 2.82. The number of methoxy groups -OCH3 is 1. The van der Waals surface area contributed by atoms with Gasteiger partial charge in [0.2, 0.25) is 15.9 Å². The highest BCUT2D eigenvalue weighted by molar-refractivity contribution is 7.89. The minimum Gasteiger partial charge on any atom is -0.497 e. The van der Waals surface area contributed by atoms with Crippen LogP contribution in [-0.2, 0) is 14.8 Å². The number of piperidine rings is 1. The van der Waals surface area contributed by atoms with E-state index in [1.807, 2.05) is 0 Å². The van der Waals surface area contributed by atoms with Crippen molar-refractivity contribution in [2.75, 3.05) is 33.3 Å². The van der Waals surface area contributed by atoms with E-state index >= 15 is 0 Å². The summed E-state index contributed by atoms with van der Waals surface area (Å²) in [5.74, 6) is -0.0385. The molecule has 9 nitrogen and oxygen atoms in total. The van der Waals surface area contributed by atoms with Crippen molar-refractivity contribution in [1.29, 1.82) is 0 Å². The zero-order valence-electron chi connectivity index (χ0n) is 17.3. The van der Waals surface area contributed by atoms with Crippen LogP contribution in [0.3, 0.4) is 0 Å². The van der Waals surface area contributed by atoms with Crippen LogP contribution in [0.4, 0.5) is 0 Å². The molecule has 2 amide bonds. The van der Waals surface area contributed by atoms with E-state index in [9.17, 15) is 18.0 Å². The van der Waals surface area contributed by atoms with Crippen LogP contribution in [0.5, 0.6) is 5.75 Å². The molecule has 0 atom stereocenters. The first-order valence-electron chi connectivity index (χ1n) is 10.0. The Morgan fingerprint density at radius 1 is 1.13 bits per heavy atom. The Hall–Kier alpha value is -2.98. The second kappa shape index (κ2) is 10.4. The van der Waals surface area contributed by atoms with Gasteiger partial charge >= 0.3 is 0 Å². The lowest BCUT2D eigenvalue weighted by Crippen LogP contribution is -2.44. The van der Waals surface area contributed by atoms with Crippen molar-refractivity contribution in [3.63, 3.8) is 0 Å². The molecule has 1 aromatic heterocycles. The van der Waals surface area contributed by atoms with Crippen LogP contribution in [0, 0.1) is 5.92 Å². The molecule has 166 valence electrons. The summed E-state index contributed by atoms with van der Waals surface area (Å²) in [5.41, 5.74) is 0.480. The molecule has 0 aliphatic carbocycles. The average molecular weight is 447 g/mol. The normalized spacial score (nSPS) is 15.3. The molecular formula is C21H26N4O5S. The molecule has 0 bridgehead atoms. The van der Waals surface area contributed by atoms with Crippen molar-refractivity contribution in [3.8, 4) is 5.75 Å². The maximum Gasteiger partial charge on any atom is 0.251 e. The number of sulfonamides is 1. The maximum atomic E-state index is 12.6. The molecule has 3 rings (SSSR count). The monoisotopic (exact) mass is 446 g/mol. The Labute approximate surface area is 181 Å². The standard InChI is InChI=1S/C21H26N4O5S/c1-30-18-5-2-4-17(14-18)21(27)24-11-10-23-20(26)16-7-12-25(13-8-16)31(28,29)19-6-3-9-22-15-19/h2-6,9,14-16H,7-8,10-13H2,1H3,(H,23,26)(H,24,27). The summed E-state index contributed by atoms with van der Waals surface area (Å²) >= 11 is 0. The Morgan fingerprint density at radius 2 is 1.87 bits per heavy atom. The van der Waals surface area contributed by atoms with Gasteiger partial charge in [-0.05, 0) is 43.2 Å². The number of nitrogens with one attached hydrogen (secondary N) is 2. The molecule has 0 saturated carbocycles. The van der Waals surface area contributed by atoms with Gasteiger partial charge in [0.1, 0.15) is 10.6 Å². The Kier molecular flexibility index (Phi) is 7.59. The molecule has 1 aliphatic rings. The van der Waals surface area contributed by atoms with Gasteiger partial charge in [0.05, 0.1) is 7.11 Å². The predicted octanol–water partition coefficient (Wildman–Crippen LogP) is 1.04. The molecule has 0 radical (unpaired) electrons. The van der Waals surface area contributed by atoms with Crippen LogP contribution in [0.2, 0.25) is 0 Å². The Morgan fingerprint density at radius 3 is 2.55 bits per heavy atom. The molecule has 0 spiro atoms. The highest BCUT2D eigenvalue weighted by atomic mass is 32.2. The molecule has 1 fully saturated rings. The number of hydrogen-bond acceptors (Lipinski definition) is 6. The van der Waals surface area contributed by atoms with Gasteiger partial charge in [-0.25, -0.2) is 8.42 Å². The number of ether oxygens (including phenoxy) is 1. The second-order valence-electron chi connectivity index (χ2n) is 7.15. The number of amides is 2. The third kappa shape index (κ3) is 5.80. The number of pyridine rings is 1. The van der Waals surface area contributed by atoms with Crippen LogP contribution in [0.15, 0.2) is 53.7 Å². The number of aromatic nitrogens is 1. The summed E-state index contributed by atoms with van der Waals surface area (Å²) in [5, 5.41) is 5.56. The largest absolute Gasteiger partial charge is 0.497 e. The SMILES string of the molecule is COc1cccc(C(=O)NCCNC(=O)C2CCN(S(=O)(=O)c3cccnc3)CC2)c1. The van der Waals surface area contributed by atoms with Crippen molar-refractivity contribution in [2.45, 2.75) is 17.7 Å². The number of carbonyl (C=O) groups excluding carboxylic acids is 2. The summed E-state index contributed by atoms with van der Waals surface area (Å²) in [6.07, 6.45) is 3.74. The quantitative estimate of drug-likeness (QED) is 0.585. The van der Waals surface area contributed by atoms with Crippen molar-refractivity contribution < 1.29 is 22.7 Å². The van der Waals surface area contributed by atoms with Crippen molar-refractivity contribution >= 4 is 21.8 Å². The zero-order chi connectivity index (χ0) is 22.3. The highest BCUT2D eigenvalue weighted by Crippen LogP contribution is 2.23. The van der Waals surface area contributed by atoms with Crippen LogP contribution in [0.25, 0.3) is 0 Å². The van der Waals surface area contributed by atoms with Crippen LogP contribution >= 0.6 is 0 Å². The van der Waals surface area contributed by atoms with Gasteiger partial charge in [-0.15, -0.1) is 0 Å². The van der Waals surface area contributed by atoms with Gasteiger partial charge in [0.15, 0.2) is 0 Å². The summed E-state index contributed by atoms with van der Waals surface area (Å²) < 4.78 is 31.8. The first-order valence-corrected chi connectivity index (χ1v) is 11.5. The minimum absolute atomic E-state index is 0.131. The number of rotatable bonds is 8. The van der Waals surface area contributed by atoms with Gasteiger partial charge in [0.25, 0.3) is 5.91 Å². The molecule has 10 heteroatoms. The molecule has 2 N–H and O–H groups in total. The summed E-state index contributed by atoms with van der Waals surface area (Å²) in [4.78, 5) is 28.6. The number of benzene rings is 1. The van der Waals surface area contributed by atoms with E-state index in [2.05, 4.69) is 15.6 Å². The Bertz CT molecular complexity index is 1010. The van der Waals surface area contributed by atoms with Crippen molar-refractivity contribution in [1.82, 2.24) is 19.9 Å². The van der Waals surface area contributed by atoms with Crippen molar-refractivity contribution in [2.24, 2.45) is 5.92 Å². The molecule has 1 saturated heterocycles. The number of nitrogens with zero attached hydrogens (tertiary/aromatic N) is 2. The van der Waals surface area contributed by atoms with E-state index in [4.69, 9.17) is 4.74 Å². The summed E-state index contributed by atoms with van der Waals surface area (Å²) in [7, 11) is -2.06. The van der Waals surface area contributed by atoms with E-state index in [0.29, 0.717) is 30.7 Å². The third-order valence-electron chi connectivity index (χ3n) is 5.14. The number of carbonyl (C=O) groups is 2. The smallest absolute Gasteiger partial charge is 0.251 e. The predicted molar refractivity (Wildman–Crippen MR) is 114 cm³/mol. The van der Waals surface area contributed by atoms with Gasteiger partial charge in [-0.1, -0.05) is 6.07 Å². The van der Waals surface area contributed by atoms with E-state index in [1.165, 1.54) is 29.9 Å². The summed E-state index contributed by atoms with van der Waals surface area (Å²) in [6, 6.07) is 9.91. The first kappa shape index (κ1) is 22.7. The van der Waals surface area contributed by atoms with Gasteiger partial charge in [-0.2, -0.15) is 4.31 Å². The van der Waals surface area contributed by atoms with Crippen molar-refractivity contribution in [3.05, 3.63) is 54.4 Å². The van der Waals surface area contributed by atoms with Gasteiger partial charge < -0.3 is 15.4 Å². The fourth-order valence-electron chi connectivity index (χ4n) is 3.38. The lowest BCUT2D eigenvalue weighted by atomic mass is 9.97. The fourth-order valence-corrected chi connectivity index (χ4v) is 4.81. The van der Waals surface area contributed by atoms with Crippen LogP contribution in [-0.4, -0.2) is 62.8 Å². The minimum atomic E-state index is -3.59. The molecule has 2 aromatic rings. The van der Waals surface area contributed by atoms with E-state index in [0.717, 1.165) is 0 Å². The number of hydrogen-bond donors (Lipinski definition) is 2. The highest BCUT2D eigenvalue weighted by Gasteiger charge is 2.32. The van der Waals surface area contributed by atoms with Crippen LogP contribution in [0.1, 0.15) is 23.2 Å². The van der Waals surface area contributed by atoms with E-state index < -0.39 is 10.0 Å². The maximum absolute atomic E-state index is 12.6. The molecule has 31 heavy (non-hydrogen) atoms. The molecule has 1 aromatic carbocycles. The third-order valence-corrected chi connectivity index (χ3v) is 7.02. The topological polar surface area (TPSA) is 118 Å². The molecule has 1 aliphatic heterocycles. The van der Waals surface area contributed by atoms with Gasteiger partial charge in [-0.3, -0.25) is 14.6 Å². The fraction of sp³-hybridized carbons (Fsp3) is 0.381.